The molecule has 0 spiro atoms. The SMILES string of the molecule is Cc1cc(CNC(=O)Cn2nnc3ccccc32)n(C)n1. The maximum atomic E-state index is 12.0. The first-order valence-corrected chi connectivity index (χ1v) is 6.68. The molecule has 2 heterocycles. The standard InChI is InChI=1S/C14H16N6O/c1-10-7-11(19(2)17-10)8-15-14(21)9-20-13-6-4-3-5-12(13)16-18-20/h3-7H,8-9H2,1-2H3,(H,15,21). The number of carbonyl (C=O) groups is 1. The van der Waals surface area contributed by atoms with Gasteiger partial charge >= 0.3 is 0 Å². The van der Waals surface area contributed by atoms with Gasteiger partial charge in [0.2, 0.25) is 5.91 Å². The number of amides is 1. The summed E-state index contributed by atoms with van der Waals surface area (Å²) in [5.41, 5.74) is 3.53. The van der Waals surface area contributed by atoms with Crippen molar-refractivity contribution < 1.29 is 4.79 Å². The molecule has 7 heteroatoms. The molecule has 0 bridgehead atoms. The topological polar surface area (TPSA) is 77.6 Å². The summed E-state index contributed by atoms with van der Waals surface area (Å²) in [6, 6.07) is 9.51. The second-order valence-corrected chi connectivity index (χ2v) is 4.91. The van der Waals surface area contributed by atoms with E-state index < -0.39 is 0 Å². The third kappa shape index (κ3) is 2.76. The lowest BCUT2D eigenvalue weighted by Crippen LogP contribution is -2.28. The van der Waals surface area contributed by atoms with Gasteiger partial charge in [-0.1, -0.05) is 17.3 Å². The van der Waals surface area contributed by atoms with Gasteiger partial charge in [0.1, 0.15) is 12.1 Å². The van der Waals surface area contributed by atoms with Crippen molar-refractivity contribution in [2.24, 2.45) is 7.05 Å². The Morgan fingerprint density at radius 1 is 1.33 bits per heavy atom. The molecule has 2 aromatic heterocycles. The van der Waals surface area contributed by atoms with Crippen LogP contribution in [0.15, 0.2) is 30.3 Å². The summed E-state index contributed by atoms with van der Waals surface area (Å²) < 4.78 is 3.36. The zero-order valence-corrected chi connectivity index (χ0v) is 11.9. The Morgan fingerprint density at radius 2 is 2.14 bits per heavy atom. The molecule has 0 saturated heterocycles. The van der Waals surface area contributed by atoms with Gasteiger partial charge in [-0.2, -0.15) is 5.10 Å². The summed E-state index contributed by atoms with van der Waals surface area (Å²) in [6.45, 7) is 2.52. The number of hydrogen-bond acceptors (Lipinski definition) is 4. The molecule has 0 aliphatic heterocycles. The van der Waals surface area contributed by atoms with E-state index >= 15 is 0 Å². The van der Waals surface area contributed by atoms with Gasteiger partial charge in [-0.3, -0.25) is 9.48 Å². The van der Waals surface area contributed by atoms with Crippen LogP contribution in [0.2, 0.25) is 0 Å². The highest BCUT2D eigenvalue weighted by Crippen LogP contribution is 2.09. The Kier molecular flexibility index (Phi) is 3.39. The average molecular weight is 284 g/mol. The zero-order chi connectivity index (χ0) is 14.8. The highest BCUT2D eigenvalue weighted by molar-refractivity contribution is 5.79. The van der Waals surface area contributed by atoms with Crippen molar-refractivity contribution in [2.75, 3.05) is 0 Å². The van der Waals surface area contributed by atoms with Crippen LogP contribution in [-0.4, -0.2) is 30.7 Å². The highest BCUT2D eigenvalue weighted by Gasteiger charge is 2.09. The summed E-state index contributed by atoms with van der Waals surface area (Å²) in [5, 5.41) is 15.1. The smallest absolute Gasteiger partial charge is 0.242 e. The number of fused-ring (bicyclic) bond motifs is 1. The fourth-order valence-electron chi connectivity index (χ4n) is 2.24. The van der Waals surface area contributed by atoms with E-state index in [2.05, 4.69) is 20.7 Å². The predicted octanol–water partition coefficient (Wildman–Crippen LogP) is 0.790. The zero-order valence-electron chi connectivity index (χ0n) is 11.9. The van der Waals surface area contributed by atoms with E-state index in [1.807, 2.05) is 44.3 Å². The Bertz CT molecular complexity index is 788. The van der Waals surface area contributed by atoms with Gasteiger partial charge in [-0.05, 0) is 25.1 Å². The van der Waals surface area contributed by atoms with E-state index in [0.717, 1.165) is 22.4 Å². The number of para-hydroxylation sites is 1. The number of aromatic nitrogens is 5. The Hall–Kier alpha value is -2.70. The lowest BCUT2D eigenvalue weighted by Gasteiger charge is -2.06. The van der Waals surface area contributed by atoms with Gasteiger partial charge in [0.05, 0.1) is 23.4 Å². The van der Waals surface area contributed by atoms with Crippen LogP contribution in [0.4, 0.5) is 0 Å². The molecule has 0 atom stereocenters. The quantitative estimate of drug-likeness (QED) is 0.768. The second kappa shape index (κ2) is 5.35. The van der Waals surface area contributed by atoms with Crippen molar-refractivity contribution in [2.45, 2.75) is 20.0 Å². The largest absolute Gasteiger partial charge is 0.349 e. The van der Waals surface area contributed by atoms with Gasteiger partial charge < -0.3 is 5.32 Å². The third-order valence-electron chi connectivity index (χ3n) is 3.28. The van der Waals surface area contributed by atoms with Crippen molar-refractivity contribution in [3.63, 3.8) is 0 Å². The van der Waals surface area contributed by atoms with Crippen molar-refractivity contribution in [1.29, 1.82) is 0 Å². The van der Waals surface area contributed by atoms with Gasteiger partial charge in [-0.15, -0.1) is 5.10 Å². The number of nitrogens with zero attached hydrogens (tertiary/aromatic N) is 5. The maximum absolute atomic E-state index is 12.0. The molecule has 7 nitrogen and oxygen atoms in total. The minimum atomic E-state index is -0.107. The van der Waals surface area contributed by atoms with E-state index in [4.69, 9.17) is 0 Å². The number of nitrogens with one attached hydrogen (secondary N) is 1. The minimum Gasteiger partial charge on any atom is -0.349 e. The molecule has 21 heavy (non-hydrogen) atoms. The van der Waals surface area contributed by atoms with Crippen LogP contribution >= 0.6 is 0 Å². The molecule has 1 amide bonds. The van der Waals surface area contributed by atoms with E-state index in [9.17, 15) is 4.79 Å². The molecule has 0 unspecified atom stereocenters. The van der Waals surface area contributed by atoms with Crippen molar-refractivity contribution in [1.82, 2.24) is 30.1 Å². The van der Waals surface area contributed by atoms with Crippen LogP contribution in [0.5, 0.6) is 0 Å². The minimum absolute atomic E-state index is 0.107. The lowest BCUT2D eigenvalue weighted by atomic mass is 10.3. The van der Waals surface area contributed by atoms with Crippen molar-refractivity contribution in [3.05, 3.63) is 41.7 Å². The molecule has 0 aliphatic rings. The van der Waals surface area contributed by atoms with Crippen LogP contribution in [0.3, 0.4) is 0 Å². The first-order chi connectivity index (χ1) is 10.1. The van der Waals surface area contributed by atoms with E-state index in [1.165, 1.54) is 0 Å². The highest BCUT2D eigenvalue weighted by atomic mass is 16.2. The summed E-state index contributed by atoms with van der Waals surface area (Å²) in [7, 11) is 1.86. The average Bonchev–Trinajstić information content (AvgIpc) is 3.00. The maximum Gasteiger partial charge on any atom is 0.242 e. The van der Waals surface area contributed by atoms with Crippen LogP contribution in [0.1, 0.15) is 11.4 Å². The molecule has 1 aromatic carbocycles. The fourth-order valence-corrected chi connectivity index (χ4v) is 2.24. The Balaban J connectivity index is 1.65. The van der Waals surface area contributed by atoms with Crippen molar-refractivity contribution in [3.8, 4) is 0 Å². The summed E-state index contributed by atoms with van der Waals surface area (Å²) in [6.07, 6.45) is 0. The van der Waals surface area contributed by atoms with Crippen LogP contribution in [0.25, 0.3) is 11.0 Å². The second-order valence-electron chi connectivity index (χ2n) is 4.91. The normalized spacial score (nSPS) is 11.0. The Morgan fingerprint density at radius 3 is 2.90 bits per heavy atom. The number of hydrogen-bond donors (Lipinski definition) is 1. The van der Waals surface area contributed by atoms with Gasteiger partial charge in [-0.25, -0.2) is 4.68 Å². The molecule has 0 aliphatic carbocycles. The molecular weight excluding hydrogens is 268 g/mol. The van der Waals surface area contributed by atoms with E-state index in [0.29, 0.717) is 6.54 Å². The van der Waals surface area contributed by atoms with Crippen molar-refractivity contribution >= 4 is 16.9 Å². The fraction of sp³-hybridized carbons (Fsp3) is 0.286. The number of aryl methyl sites for hydroxylation is 2. The summed E-state index contributed by atoms with van der Waals surface area (Å²) in [4.78, 5) is 12.0. The van der Waals surface area contributed by atoms with E-state index in [-0.39, 0.29) is 12.5 Å². The van der Waals surface area contributed by atoms with Gasteiger partial charge in [0, 0.05) is 7.05 Å². The molecule has 3 rings (SSSR count). The summed E-state index contributed by atoms with van der Waals surface area (Å²) in [5.74, 6) is -0.107. The van der Waals surface area contributed by atoms with Crippen LogP contribution in [-0.2, 0) is 24.9 Å². The Labute approximate surface area is 121 Å². The first kappa shape index (κ1) is 13.3. The number of carbonyl (C=O) groups excluding carboxylic acids is 1. The van der Waals surface area contributed by atoms with Gasteiger partial charge in [0.25, 0.3) is 0 Å². The predicted molar refractivity (Wildman–Crippen MR) is 77.3 cm³/mol. The van der Waals surface area contributed by atoms with Crippen LogP contribution < -0.4 is 5.32 Å². The van der Waals surface area contributed by atoms with E-state index in [1.54, 1.807) is 9.36 Å². The number of benzene rings is 1. The van der Waals surface area contributed by atoms with Crippen LogP contribution in [0, 0.1) is 6.92 Å². The summed E-state index contributed by atoms with van der Waals surface area (Å²) >= 11 is 0. The molecule has 0 fully saturated rings. The van der Waals surface area contributed by atoms with Gasteiger partial charge in [0.15, 0.2) is 0 Å². The first-order valence-electron chi connectivity index (χ1n) is 6.68. The number of rotatable bonds is 4. The third-order valence-corrected chi connectivity index (χ3v) is 3.28. The molecule has 0 radical (unpaired) electrons. The molecular formula is C14H16N6O. The molecule has 108 valence electrons. The monoisotopic (exact) mass is 284 g/mol. The lowest BCUT2D eigenvalue weighted by molar-refractivity contribution is -0.122. The molecule has 3 aromatic rings. The molecule has 0 saturated carbocycles. The molecule has 1 N–H and O–H groups in total.